The van der Waals surface area contributed by atoms with Crippen LogP contribution in [0.15, 0.2) is 48.7 Å². The van der Waals surface area contributed by atoms with Crippen LogP contribution < -0.4 is 16.0 Å². The Morgan fingerprint density at radius 2 is 1.93 bits per heavy atom. The second-order valence-electron chi connectivity index (χ2n) is 6.09. The number of benzene rings is 1. The van der Waals surface area contributed by atoms with Crippen molar-refractivity contribution in [3.8, 4) is 0 Å². The molecule has 3 N–H and O–H groups in total. The van der Waals surface area contributed by atoms with Crippen LogP contribution in [0.3, 0.4) is 0 Å². The number of anilines is 1. The monoisotopic (exact) mass is 364 g/mol. The number of fused-ring (bicyclic) bond motifs is 2. The smallest absolute Gasteiger partial charge is 0.254 e. The van der Waals surface area contributed by atoms with Crippen molar-refractivity contribution in [2.75, 3.05) is 5.32 Å². The molecular weight excluding hydrogens is 348 g/mol. The third-order valence-electron chi connectivity index (χ3n) is 4.27. The van der Waals surface area contributed by atoms with E-state index < -0.39 is 17.9 Å². The molecule has 0 saturated carbocycles. The van der Waals surface area contributed by atoms with Crippen molar-refractivity contribution in [2.45, 2.75) is 19.0 Å². The summed E-state index contributed by atoms with van der Waals surface area (Å²) in [6.07, 6.45) is 1.62. The van der Waals surface area contributed by atoms with Crippen LogP contribution in [0.1, 0.15) is 22.6 Å². The average molecular weight is 364 g/mol. The van der Waals surface area contributed by atoms with E-state index in [4.69, 9.17) is 0 Å². The molecule has 9 nitrogen and oxygen atoms in total. The number of hydrogen-bond acceptors (Lipinski definition) is 5. The molecule has 0 bridgehead atoms. The van der Waals surface area contributed by atoms with E-state index in [9.17, 15) is 14.4 Å². The first-order valence-corrected chi connectivity index (χ1v) is 8.38. The van der Waals surface area contributed by atoms with Crippen LogP contribution in [0.4, 0.5) is 5.69 Å². The van der Waals surface area contributed by atoms with Crippen LogP contribution in [-0.2, 0) is 16.1 Å². The summed E-state index contributed by atoms with van der Waals surface area (Å²) in [7, 11) is 0. The first-order valence-electron chi connectivity index (χ1n) is 8.38. The molecule has 3 heterocycles. The average Bonchev–Trinajstić information content (AvgIpc) is 3.04. The largest absolute Gasteiger partial charge is 0.349 e. The zero-order valence-electron chi connectivity index (χ0n) is 14.2. The van der Waals surface area contributed by atoms with Crippen molar-refractivity contribution in [3.63, 3.8) is 0 Å². The topological polar surface area (TPSA) is 117 Å². The van der Waals surface area contributed by atoms with Crippen LogP contribution >= 0.6 is 0 Å². The first kappa shape index (κ1) is 16.7. The number of nitrogens with zero attached hydrogens (tertiary/aromatic N) is 3. The SMILES string of the molecule is O=C(C[C@@H]1NC(=O)c2ccccc2NC1=O)NCc1nnc2ccccn12. The molecule has 1 aliphatic heterocycles. The van der Waals surface area contributed by atoms with E-state index in [1.807, 2.05) is 12.1 Å². The lowest BCUT2D eigenvalue weighted by molar-refractivity contribution is -0.125. The van der Waals surface area contributed by atoms with Gasteiger partial charge in [0.25, 0.3) is 5.91 Å². The van der Waals surface area contributed by atoms with Crippen LogP contribution in [0.5, 0.6) is 0 Å². The van der Waals surface area contributed by atoms with Gasteiger partial charge in [-0.25, -0.2) is 0 Å². The van der Waals surface area contributed by atoms with Crippen LogP contribution in [0.25, 0.3) is 5.65 Å². The molecule has 0 fully saturated rings. The Morgan fingerprint density at radius 1 is 1.11 bits per heavy atom. The quantitative estimate of drug-likeness (QED) is 0.623. The summed E-state index contributed by atoms with van der Waals surface area (Å²) in [4.78, 5) is 36.9. The van der Waals surface area contributed by atoms with E-state index in [-0.39, 0.29) is 18.9 Å². The number of carbonyl (C=O) groups excluding carboxylic acids is 3. The van der Waals surface area contributed by atoms with Crippen molar-refractivity contribution in [2.24, 2.45) is 0 Å². The fraction of sp³-hybridized carbons (Fsp3) is 0.167. The highest BCUT2D eigenvalue weighted by Gasteiger charge is 2.29. The Morgan fingerprint density at radius 3 is 2.81 bits per heavy atom. The zero-order valence-corrected chi connectivity index (χ0v) is 14.2. The van der Waals surface area contributed by atoms with Gasteiger partial charge in [0.15, 0.2) is 11.5 Å². The van der Waals surface area contributed by atoms with Crippen molar-refractivity contribution in [1.82, 2.24) is 25.2 Å². The molecular formula is C18H16N6O3. The molecule has 1 aromatic carbocycles. The molecule has 3 amide bonds. The van der Waals surface area contributed by atoms with Crippen molar-refractivity contribution in [3.05, 3.63) is 60.0 Å². The normalized spacial score (nSPS) is 16.2. The third kappa shape index (κ3) is 3.34. The number of hydrogen-bond donors (Lipinski definition) is 3. The zero-order chi connectivity index (χ0) is 18.8. The fourth-order valence-corrected chi connectivity index (χ4v) is 2.90. The molecule has 0 saturated heterocycles. The van der Waals surface area contributed by atoms with Crippen molar-refractivity contribution >= 4 is 29.1 Å². The highest BCUT2D eigenvalue weighted by atomic mass is 16.2. The van der Waals surface area contributed by atoms with Gasteiger partial charge >= 0.3 is 0 Å². The molecule has 0 spiro atoms. The minimum Gasteiger partial charge on any atom is -0.349 e. The molecule has 136 valence electrons. The molecule has 4 rings (SSSR count). The summed E-state index contributed by atoms with van der Waals surface area (Å²) < 4.78 is 1.76. The molecule has 27 heavy (non-hydrogen) atoms. The highest BCUT2D eigenvalue weighted by molar-refractivity contribution is 6.10. The first-order chi connectivity index (χ1) is 13.1. The van der Waals surface area contributed by atoms with Gasteiger partial charge < -0.3 is 16.0 Å². The maximum atomic E-state index is 12.3. The van der Waals surface area contributed by atoms with Gasteiger partial charge in [-0.3, -0.25) is 18.8 Å². The molecule has 9 heteroatoms. The van der Waals surface area contributed by atoms with Gasteiger partial charge in [0.2, 0.25) is 11.8 Å². The number of amides is 3. The Kier molecular flexibility index (Phi) is 4.25. The van der Waals surface area contributed by atoms with Gasteiger partial charge in [-0.1, -0.05) is 18.2 Å². The van der Waals surface area contributed by atoms with E-state index in [0.29, 0.717) is 22.7 Å². The summed E-state index contributed by atoms with van der Waals surface area (Å²) in [5, 5.41) is 16.0. The van der Waals surface area contributed by atoms with Crippen LogP contribution in [-0.4, -0.2) is 38.4 Å². The summed E-state index contributed by atoms with van der Waals surface area (Å²) in [6, 6.07) is 11.2. The third-order valence-corrected chi connectivity index (χ3v) is 4.27. The lowest BCUT2D eigenvalue weighted by Gasteiger charge is -2.14. The van der Waals surface area contributed by atoms with E-state index in [2.05, 4.69) is 26.1 Å². The minimum atomic E-state index is -0.958. The van der Waals surface area contributed by atoms with E-state index in [0.717, 1.165) is 0 Å². The predicted molar refractivity (Wildman–Crippen MR) is 95.8 cm³/mol. The lowest BCUT2D eigenvalue weighted by atomic mass is 10.1. The minimum absolute atomic E-state index is 0.159. The van der Waals surface area contributed by atoms with E-state index in [1.165, 1.54) is 0 Å². The number of rotatable bonds is 4. The van der Waals surface area contributed by atoms with E-state index >= 15 is 0 Å². The van der Waals surface area contributed by atoms with Gasteiger partial charge in [-0.2, -0.15) is 0 Å². The number of para-hydroxylation sites is 1. The standard InChI is InChI=1S/C18H16N6O3/c25-16(19-10-15-23-22-14-7-3-4-8-24(14)15)9-13-18(27)20-12-6-2-1-5-11(12)17(26)21-13/h1-8,13H,9-10H2,(H,19,25)(H,20,27)(H,21,26)/t13-/m0/s1. The summed E-state index contributed by atoms with van der Waals surface area (Å²) >= 11 is 0. The molecule has 0 aliphatic carbocycles. The molecule has 2 aromatic heterocycles. The van der Waals surface area contributed by atoms with Crippen LogP contribution in [0, 0.1) is 0 Å². The van der Waals surface area contributed by atoms with Gasteiger partial charge in [0.1, 0.15) is 6.04 Å². The highest BCUT2D eigenvalue weighted by Crippen LogP contribution is 2.18. The molecule has 0 radical (unpaired) electrons. The van der Waals surface area contributed by atoms with E-state index in [1.54, 1.807) is 40.9 Å². The molecule has 1 aliphatic rings. The Labute approximate surface area is 153 Å². The Bertz CT molecular complexity index is 1040. The number of nitrogens with one attached hydrogen (secondary N) is 3. The maximum absolute atomic E-state index is 12.3. The van der Waals surface area contributed by atoms with Gasteiger partial charge in [-0.15, -0.1) is 10.2 Å². The number of aromatic nitrogens is 3. The van der Waals surface area contributed by atoms with Crippen molar-refractivity contribution < 1.29 is 14.4 Å². The summed E-state index contributed by atoms with van der Waals surface area (Å²) in [5.74, 6) is -0.642. The maximum Gasteiger partial charge on any atom is 0.254 e. The van der Waals surface area contributed by atoms with Gasteiger partial charge in [0.05, 0.1) is 24.2 Å². The van der Waals surface area contributed by atoms with Gasteiger partial charge in [0, 0.05) is 6.20 Å². The number of pyridine rings is 1. The second kappa shape index (κ2) is 6.87. The number of carbonyl (C=O) groups is 3. The fourth-order valence-electron chi connectivity index (χ4n) is 2.90. The van der Waals surface area contributed by atoms with Crippen LogP contribution in [0.2, 0.25) is 0 Å². The molecule has 3 aromatic rings. The molecule has 0 unspecified atom stereocenters. The predicted octanol–water partition coefficient (Wildman–Crippen LogP) is 0.486. The second-order valence-corrected chi connectivity index (χ2v) is 6.09. The Hall–Kier alpha value is -3.75. The lowest BCUT2D eigenvalue weighted by Crippen LogP contribution is -2.44. The van der Waals surface area contributed by atoms with Crippen molar-refractivity contribution in [1.29, 1.82) is 0 Å². The molecule has 1 atom stereocenters. The Balaban J connectivity index is 1.41. The van der Waals surface area contributed by atoms with Gasteiger partial charge in [-0.05, 0) is 24.3 Å². The summed E-state index contributed by atoms with van der Waals surface area (Å²) in [6.45, 7) is 0.159. The summed E-state index contributed by atoms with van der Waals surface area (Å²) in [5.41, 5.74) is 1.47.